The Balaban J connectivity index is 2.36. The van der Waals surface area contributed by atoms with Crippen molar-refractivity contribution in [2.45, 2.75) is 20.3 Å². The molecule has 17 heavy (non-hydrogen) atoms. The minimum absolute atomic E-state index is 0.148. The first-order valence-electron chi connectivity index (χ1n) is 5.75. The Bertz CT molecular complexity index is 449. The van der Waals surface area contributed by atoms with Crippen LogP contribution in [0.4, 0.5) is 0 Å². The third-order valence-corrected chi connectivity index (χ3v) is 2.85. The Kier molecular flexibility index (Phi) is 3.17. The van der Waals surface area contributed by atoms with Crippen LogP contribution in [0.1, 0.15) is 40.3 Å². The summed E-state index contributed by atoms with van der Waals surface area (Å²) in [6.07, 6.45) is 1.97. The lowest BCUT2D eigenvalue weighted by Crippen LogP contribution is -2.37. The van der Waals surface area contributed by atoms with E-state index in [1.54, 1.807) is 11.8 Å². The lowest BCUT2D eigenvalue weighted by atomic mass is 10.0. The van der Waals surface area contributed by atoms with Crippen LogP contribution in [0.2, 0.25) is 0 Å². The van der Waals surface area contributed by atoms with Gasteiger partial charge in [0.15, 0.2) is 0 Å². The molecule has 5 heteroatoms. The van der Waals surface area contributed by atoms with Crippen LogP contribution in [-0.2, 0) is 11.2 Å². The van der Waals surface area contributed by atoms with E-state index in [1.165, 1.54) is 6.26 Å². The fraction of sp³-hybridized carbons (Fsp3) is 0.500. The highest BCUT2D eigenvalue weighted by Gasteiger charge is 2.32. The van der Waals surface area contributed by atoms with Gasteiger partial charge in [0.1, 0.15) is 17.6 Å². The maximum absolute atomic E-state index is 12.1. The van der Waals surface area contributed by atoms with E-state index in [0.717, 1.165) is 0 Å². The lowest BCUT2D eigenvalue weighted by molar-refractivity contribution is 0.0518. The number of rotatable bonds is 3. The maximum atomic E-state index is 12.1. The average molecular weight is 237 g/mol. The Morgan fingerprint density at radius 2 is 2.29 bits per heavy atom. The average Bonchev–Trinajstić information content (AvgIpc) is 2.74. The van der Waals surface area contributed by atoms with Gasteiger partial charge in [0.05, 0.1) is 12.2 Å². The second-order valence-electron chi connectivity index (χ2n) is 3.80. The van der Waals surface area contributed by atoms with Gasteiger partial charge >= 0.3 is 5.97 Å². The molecule has 0 bridgehead atoms. The number of likely N-dealkylation sites (N-methyl/N-ethyl adjacent to an activating group) is 1. The van der Waals surface area contributed by atoms with Crippen LogP contribution in [-0.4, -0.2) is 36.5 Å². The Morgan fingerprint density at radius 1 is 1.53 bits per heavy atom. The number of ether oxygens (including phenoxy) is 1. The number of carbonyl (C=O) groups excluding carboxylic acids is 2. The molecule has 1 amide bonds. The fourth-order valence-electron chi connectivity index (χ4n) is 1.97. The first kappa shape index (κ1) is 11.7. The van der Waals surface area contributed by atoms with Crippen molar-refractivity contribution in [3.63, 3.8) is 0 Å². The van der Waals surface area contributed by atoms with Crippen LogP contribution in [0.25, 0.3) is 0 Å². The van der Waals surface area contributed by atoms with E-state index in [2.05, 4.69) is 0 Å². The van der Waals surface area contributed by atoms with E-state index in [-0.39, 0.29) is 18.1 Å². The Hall–Kier alpha value is -1.78. The molecule has 0 aromatic carbocycles. The van der Waals surface area contributed by atoms with Crippen LogP contribution in [0.3, 0.4) is 0 Å². The van der Waals surface area contributed by atoms with E-state index in [0.29, 0.717) is 30.8 Å². The molecule has 0 radical (unpaired) electrons. The topological polar surface area (TPSA) is 59.8 Å². The number of hydrogen-bond donors (Lipinski definition) is 0. The molecule has 5 nitrogen and oxygen atoms in total. The summed E-state index contributed by atoms with van der Waals surface area (Å²) in [5, 5.41) is 0. The van der Waals surface area contributed by atoms with E-state index in [9.17, 15) is 9.59 Å². The molecular weight excluding hydrogens is 222 g/mol. The van der Waals surface area contributed by atoms with Crippen molar-refractivity contribution in [2.75, 3.05) is 19.7 Å². The summed E-state index contributed by atoms with van der Waals surface area (Å²) in [6.45, 7) is 5.19. The number of furan rings is 1. The number of carbonyl (C=O) groups is 2. The number of esters is 1. The monoisotopic (exact) mass is 237 g/mol. The molecular formula is C12H15NO4. The van der Waals surface area contributed by atoms with Gasteiger partial charge in [-0.2, -0.15) is 0 Å². The molecule has 0 spiro atoms. The summed E-state index contributed by atoms with van der Waals surface area (Å²) < 4.78 is 10.2. The van der Waals surface area contributed by atoms with Crippen LogP contribution in [0.5, 0.6) is 0 Å². The summed E-state index contributed by atoms with van der Waals surface area (Å²) in [4.78, 5) is 25.5. The summed E-state index contributed by atoms with van der Waals surface area (Å²) in [7, 11) is 0. The van der Waals surface area contributed by atoms with Gasteiger partial charge in [-0.1, -0.05) is 0 Å². The maximum Gasteiger partial charge on any atom is 0.342 e. The predicted octanol–water partition coefficient (Wildman–Crippen LogP) is 1.47. The molecule has 1 aliphatic rings. The third kappa shape index (κ3) is 1.92. The highest BCUT2D eigenvalue weighted by molar-refractivity contribution is 6.06. The van der Waals surface area contributed by atoms with E-state index in [1.807, 2.05) is 6.92 Å². The second kappa shape index (κ2) is 4.61. The quantitative estimate of drug-likeness (QED) is 0.747. The number of hydrogen-bond acceptors (Lipinski definition) is 4. The van der Waals surface area contributed by atoms with Gasteiger partial charge in [-0.15, -0.1) is 0 Å². The first-order chi connectivity index (χ1) is 8.19. The molecule has 0 aliphatic carbocycles. The zero-order valence-corrected chi connectivity index (χ0v) is 9.99. The largest absolute Gasteiger partial charge is 0.467 e. The summed E-state index contributed by atoms with van der Waals surface area (Å²) in [6, 6.07) is 0. The van der Waals surface area contributed by atoms with Crippen molar-refractivity contribution < 1.29 is 18.7 Å². The molecule has 0 saturated heterocycles. The third-order valence-electron chi connectivity index (χ3n) is 2.85. The second-order valence-corrected chi connectivity index (χ2v) is 3.80. The molecule has 1 aliphatic heterocycles. The smallest absolute Gasteiger partial charge is 0.342 e. The van der Waals surface area contributed by atoms with Crippen LogP contribution in [0.15, 0.2) is 10.7 Å². The highest BCUT2D eigenvalue weighted by Crippen LogP contribution is 2.25. The molecule has 0 atom stereocenters. The zero-order valence-electron chi connectivity index (χ0n) is 9.99. The first-order valence-corrected chi connectivity index (χ1v) is 5.75. The van der Waals surface area contributed by atoms with Crippen molar-refractivity contribution in [1.29, 1.82) is 0 Å². The SMILES string of the molecule is CCOC(=O)c1coc2c1C(=O)N(CC)CC2. The van der Waals surface area contributed by atoms with E-state index < -0.39 is 5.97 Å². The molecule has 92 valence electrons. The van der Waals surface area contributed by atoms with Gasteiger partial charge in [0, 0.05) is 19.5 Å². The highest BCUT2D eigenvalue weighted by atomic mass is 16.5. The van der Waals surface area contributed by atoms with Crippen LogP contribution < -0.4 is 0 Å². The normalized spacial score (nSPS) is 14.7. The van der Waals surface area contributed by atoms with Gasteiger partial charge in [-0.25, -0.2) is 4.79 Å². The standard InChI is InChI=1S/C12H15NO4/c1-3-13-6-5-9-10(11(13)14)8(7-17-9)12(15)16-4-2/h7H,3-6H2,1-2H3. The van der Waals surface area contributed by atoms with Gasteiger partial charge in [-0.05, 0) is 13.8 Å². The zero-order chi connectivity index (χ0) is 12.4. The number of fused-ring (bicyclic) bond motifs is 1. The fourth-order valence-corrected chi connectivity index (χ4v) is 1.97. The summed E-state index contributed by atoms with van der Waals surface area (Å²) >= 11 is 0. The molecule has 0 fully saturated rings. The predicted molar refractivity (Wildman–Crippen MR) is 59.9 cm³/mol. The number of nitrogens with zero attached hydrogens (tertiary/aromatic N) is 1. The lowest BCUT2D eigenvalue weighted by Gasteiger charge is -2.24. The Morgan fingerprint density at radius 3 is 2.94 bits per heavy atom. The van der Waals surface area contributed by atoms with Crippen LogP contribution >= 0.6 is 0 Å². The van der Waals surface area contributed by atoms with Gasteiger partial charge in [-0.3, -0.25) is 4.79 Å². The molecule has 1 aromatic rings. The minimum Gasteiger partial charge on any atom is -0.467 e. The molecule has 1 aromatic heterocycles. The summed E-state index contributed by atoms with van der Waals surface area (Å²) in [5.41, 5.74) is 0.613. The van der Waals surface area contributed by atoms with Crippen molar-refractivity contribution in [2.24, 2.45) is 0 Å². The molecule has 2 rings (SSSR count). The minimum atomic E-state index is -0.496. The van der Waals surface area contributed by atoms with Crippen molar-refractivity contribution in [3.05, 3.63) is 23.2 Å². The van der Waals surface area contributed by atoms with E-state index in [4.69, 9.17) is 9.15 Å². The van der Waals surface area contributed by atoms with Crippen molar-refractivity contribution >= 4 is 11.9 Å². The number of amides is 1. The van der Waals surface area contributed by atoms with Crippen LogP contribution in [0, 0.1) is 0 Å². The molecule has 0 saturated carbocycles. The van der Waals surface area contributed by atoms with E-state index >= 15 is 0 Å². The van der Waals surface area contributed by atoms with Gasteiger partial charge in [0.25, 0.3) is 5.91 Å². The van der Waals surface area contributed by atoms with Crippen molar-refractivity contribution in [3.8, 4) is 0 Å². The molecule has 0 unspecified atom stereocenters. The summed E-state index contributed by atoms with van der Waals surface area (Å²) in [5.74, 6) is -0.0582. The van der Waals surface area contributed by atoms with Crippen molar-refractivity contribution in [1.82, 2.24) is 4.90 Å². The molecule has 0 N–H and O–H groups in total. The van der Waals surface area contributed by atoms with Gasteiger partial charge in [0.2, 0.25) is 0 Å². The Labute approximate surface area is 99.3 Å². The van der Waals surface area contributed by atoms with Gasteiger partial charge < -0.3 is 14.1 Å². The molecule has 2 heterocycles.